The fourth-order valence-electron chi connectivity index (χ4n) is 3.76. The van der Waals surface area contributed by atoms with E-state index in [-0.39, 0.29) is 0 Å². The van der Waals surface area contributed by atoms with Crippen LogP contribution in [0.1, 0.15) is 5.56 Å². The largest absolute Gasteiger partial charge is 0.256 e. The lowest BCUT2D eigenvalue weighted by atomic mass is 9.97. The summed E-state index contributed by atoms with van der Waals surface area (Å²) in [4.78, 5) is 9.39. The molecule has 0 N–H and O–H groups in total. The molecule has 2 heteroatoms. The van der Waals surface area contributed by atoms with Crippen LogP contribution in [0.5, 0.6) is 0 Å². The van der Waals surface area contributed by atoms with Gasteiger partial charge in [-0.2, -0.15) is 0 Å². The number of pyridine rings is 2. The Hall–Kier alpha value is -3.52. The van der Waals surface area contributed by atoms with Crippen molar-refractivity contribution in [1.82, 2.24) is 9.97 Å². The molecule has 0 bridgehead atoms. The second kappa shape index (κ2) is 6.33. The Labute approximate surface area is 158 Å². The van der Waals surface area contributed by atoms with Crippen molar-refractivity contribution in [3.63, 3.8) is 0 Å². The molecule has 0 saturated carbocycles. The van der Waals surface area contributed by atoms with E-state index in [9.17, 15) is 0 Å². The first kappa shape index (κ1) is 15.7. The van der Waals surface area contributed by atoms with Crippen LogP contribution >= 0.6 is 0 Å². The van der Waals surface area contributed by atoms with Crippen LogP contribution in [0.2, 0.25) is 0 Å². The van der Waals surface area contributed by atoms with Gasteiger partial charge in [0.05, 0.1) is 11.4 Å². The Balaban J connectivity index is 1.76. The first-order valence-electron chi connectivity index (χ1n) is 9.09. The Bertz CT molecular complexity index is 1180. The summed E-state index contributed by atoms with van der Waals surface area (Å²) in [6.07, 6.45) is 3.77. The summed E-state index contributed by atoms with van der Waals surface area (Å²) in [5.41, 5.74) is 5.47. The molecule has 2 heterocycles. The lowest BCUT2D eigenvalue weighted by Crippen LogP contribution is -1.91. The molecule has 0 radical (unpaired) electrons. The molecule has 5 rings (SSSR count). The Morgan fingerprint density at radius 3 is 1.56 bits per heavy atom. The first-order valence-corrected chi connectivity index (χ1v) is 9.09. The third-order valence-electron chi connectivity index (χ3n) is 4.97. The molecule has 0 fully saturated rings. The van der Waals surface area contributed by atoms with Crippen molar-refractivity contribution in [2.45, 2.75) is 6.92 Å². The molecule has 0 amide bonds. The summed E-state index contributed by atoms with van der Waals surface area (Å²) in [6, 6.07) is 27.5. The molecule has 0 spiro atoms. The third-order valence-corrected chi connectivity index (χ3v) is 4.97. The zero-order valence-corrected chi connectivity index (χ0v) is 15.1. The third kappa shape index (κ3) is 2.76. The van der Waals surface area contributed by atoms with Gasteiger partial charge in [0.15, 0.2) is 0 Å². The minimum Gasteiger partial charge on any atom is -0.256 e. The van der Waals surface area contributed by atoms with Gasteiger partial charge in [-0.15, -0.1) is 0 Å². The maximum Gasteiger partial charge on any atom is 0.0780 e. The fraction of sp³-hybridized carbons (Fsp3) is 0.0400. The minimum absolute atomic E-state index is 1.01. The SMILES string of the molecule is Cc1cc(-c2nccc3ccccc23)cc(-c2nccc3ccccc23)c1. The predicted molar refractivity (Wildman–Crippen MR) is 113 cm³/mol. The summed E-state index contributed by atoms with van der Waals surface area (Å²) in [6.45, 7) is 2.13. The lowest BCUT2D eigenvalue weighted by molar-refractivity contribution is 1.33. The van der Waals surface area contributed by atoms with Crippen LogP contribution in [0.3, 0.4) is 0 Å². The van der Waals surface area contributed by atoms with Gasteiger partial charge in [-0.25, -0.2) is 0 Å². The van der Waals surface area contributed by atoms with Crippen molar-refractivity contribution >= 4 is 21.5 Å². The van der Waals surface area contributed by atoms with Crippen LogP contribution in [0.25, 0.3) is 44.1 Å². The van der Waals surface area contributed by atoms with E-state index >= 15 is 0 Å². The number of nitrogens with zero attached hydrogens (tertiary/aromatic N) is 2. The van der Waals surface area contributed by atoms with E-state index in [2.05, 4.69) is 85.8 Å². The molecule has 2 nitrogen and oxygen atoms in total. The molecular weight excluding hydrogens is 328 g/mol. The van der Waals surface area contributed by atoms with E-state index in [1.807, 2.05) is 12.4 Å². The van der Waals surface area contributed by atoms with Crippen molar-refractivity contribution < 1.29 is 0 Å². The highest BCUT2D eigenvalue weighted by molar-refractivity contribution is 5.97. The average molecular weight is 346 g/mol. The number of benzene rings is 3. The molecule has 0 saturated heterocycles. The first-order chi connectivity index (χ1) is 13.3. The van der Waals surface area contributed by atoms with E-state index in [0.29, 0.717) is 0 Å². The summed E-state index contributed by atoms with van der Waals surface area (Å²) in [7, 11) is 0. The Kier molecular flexibility index (Phi) is 3.68. The second-order valence-electron chi connectivity index (χ2n) is 6.85. The number of hydrogen-bond donors (Lipinski definition) is 0. The van der Waals surface area contributed by atoms with Gasteiger partial charge in [0.2, 0.25) is 0 Å². The Morgan fingerprint density at radius 1 is 0.556 bits per heavy atom. The van der Waals surface area contributed by atoms with Gasteiger partial charge in [0, 0.05) is 34.3 Å². The topological polar surface area (TPSA) is 25.8 Å². The van der Waals surface area contributed by atoms with Gasteiger partial charge in [-0.1, -0.05) is 48.5 Å². The van der Waals surface area contributed by atoms with Crippen LogP contribution in [0.4, 0.5) is 0 Å². The van der Waals surface area contributed by atoms with Crippen LogP contribution < -0.4 is 0 Å². The highest BCUT2D eigenvalue weighted by atomic mass is 14.7. The predicted octanol–water partition coefficient (Wildman–Crippen LogP) is 6.43. The van der Waals surface area contributed by atoms with Crippen molar-refractivity contribution in [3.05, 3.63) is 96.8 Å². The van der Waals surface area contributed by atoms with Crippen LogP contribution in [0, 0.1) is 6.92 Å². The zero-order valence-electron chi connectivity index (χ0n) is 15.1. The van der Waals surface area contributed by atoms with E-state index in [0.717, 1.165) is 22.5 Å². The standard InChI is InChI=1S/C25H18N2/c1-17-14-20(24-22-8-4-2-6-18(22)10-12-26-24)16-21(15-17)25-23-9-5-3-7-19(23)11-13-27-25/h2-16H,1H3. The van der Waals surface area contributed by atoms with Crippen molar-refractivity contribution in [2.75, 3.05) is 0 Å². The zero-order chi connectivity index (χ0) is 18.2. The van der Waals surface area contributed by atoms with Crippen molar-refractivity contribution in [1.29, 1.82) is 0 Å². The number of rotatable bonds is 2. The van der Waals surface area contributed by atoms with Gasteiger partial charge in [-0.05, 0) is 53.6 Å². The van der Waals surface area contributed by atoms with Crippen LogP contribution in [-0.2, 0) is 0 Å². The number of fused-ring (bicyclic) bond motifs is 2. The lowest BCUT2D eigenvalue weighted by Gasteiger charge is -2.11. The van der Waals surface area contributed by atoms with E-state index in [1.54, 1.807) is 0 Å². The molecule has 3 aromatic carbocycles. The molecular formula is C25H18N2. The number of hydrogen-bond acceptors (Lipinski definition) is 2. The van der Waals surface area contributed by atoms with E-state index in [1.165, 1.54) is 27.1 Å². The molecule has 0 atom stereocenters. The van der Waals surface area contributed by atoms with E-state index < -0.39 is 0 Å². The molecule has 0 aliphatic carbocycles. The maximum atomic E-state index is 4.69. The second-order valence-corrected chi connectivity index (χ2v) is 6.85. The molecule has 0 unspecified atom stereocenters. The van der Waals surface area contributed by atoms with Gasteiger partial charge >= 0.3 is 0 Å². The normalized spacial score (nSPS) is 11.1. The summed E-state index contributed by atoms with van der Waals surface area (Å²) < 4.78 is 0. The Morgan fingerprint density at radius 2 is 1.04 bits per heavy atom. The quantitative estimate of drug-likeness (QED) is 0.368. The van der Waals surface area contributed by atoms with Crippen molar-refractivity contribution in [3.8, 4) is 22.5 Å². The molecule has 2 aromatic heterocycles. The number of aromatic nitrogens is 2. The van der Waals surface area contributed by atoms with Gasteiger partial charge in [-0.3, -0.25) is 9.97 Å². The van der Waals surface area contributed by atoms with Gasteiger partial charge in [0.1, 0.15) is 0 Å². The van der Waals surface area contributed by atoms with Crippen molar-refractivity contribution in [2.24, 2.45) is 0 Å². The summed E-state index contributed by atoms with van der Waals surface area (Å²) >= 11 is 0. The highest BCUT2D eigenvalue weighted by Crippen LogP contribution is 2.33. The fourth-order valence-corrected chi connectivity index (χ4v) is 3.76. The summed E-state index contributed by atoms with van der Waals surface area (Å²) in [5, 5.41) is 4.74. The van der Waals surface area contributed by atoms with Gasteiger partial charge in [0.25, 0.3) is 0 Å². The molecule has 0 aliphatic rings. The minimum atomic E-state index is 1.01. The smallest absolute Gasteiger partial charge is 0.0780 e. The monoisotopic (exact) mass is 346 g/mol. The highest BCUT2D eigenvalue weighted by Gasteiger charge is 2.10. The maximum absolute atomic E-state index is 4.69. The molecule has 0 aliphatic heterocycles. The molecule has 5 aromatic rings. The number of aryl methyl sites for hydroxylation is 1. The summed E-state index contributed by atoms with van der Waals surface area (Å²) in [5.74, 6) is 0. The van der Waals surface area contributed by atoms with Gasteiger partial charge < -0.3 is 0 Å². The van der Waals surface area contributed by atoms with Crippen LogP contribution in [-0.4, -0.2) is 9.97 Å². The van der Waals surface area contributed by atoms with E-state index in [4.69, 9.17) is 9.97 Å². The van der Waals surface area contributed by atoms with Crippen LogP contribution in [0.15, 0.2) is 91.3 Å². The average Bonchev–Trinajstić information content (AvgIpc) is 2.72. The molecule has 27 heavy (non-hydrogen) atoms. The molecule has 128 valence electrons.